The maximum atomic E-state index is 11.7. The highest BCUT2D eigenvalue weighted by atomic mass is 16.7. The second-order valence-corrected chi connectivity index (χ2v) is 3.96. The van der Waals surface area contributed by atoms with Crippen molar-refractivity contribution in [3.8, 4) is 0 Å². The molecule has 0 aromatic heterocycles. The van der Waals surface area contributed by atoms with Crippen molar-refractivity contribution in [3.63, 3.8) is 0 Å². The Hall–Kier alpha value is -2.16. The van der Waals surface area contributed by atoms with E-state index in [1.807, 2.05) is 0 Å². The quantitative estimate of drug-likeness (QED) is 0.423. The molecular formula is C10H14N2O7. The number of piperidine rings is 1. The number of nitrogens with one attached hydrogen (secondary N) is 1. The monoisotopic (exact) mass is 274 g/mol. The lowest BCUT2D eigenvalue weighted by molar-refractivity contribution is -0.161. The van der Waals surface area contributed by atoms with Crippen molar-refractivity contribution in [2.75, 3.05) is 13.2 Å². The summed E-state index contributed by atoms with van der Waals surface area (Å²) in [5.41, 5.74) is 1.67. The molecule has 3 N–H and O–H groups in total. The summed E-state index contributed by atoms with van der Waals surface area (Å²) in [6, 6.07) is -1.04. The first kappa shape index (κ1) is 14.9. The van der Waals surface area contributed by atoms with Gasteiger partial charge in [0, 0.05) is 6.54 Å². The number of likely N-dealkylation sites (tertiary alicyclic amines) is 1. The number of hydrogen-bond donors (Lipinski definition) is 3. The van der Waals surface area contributed by atoms with Gasteiger partial charge in [-0.25, -0.2) is 15.1 Å². The number of amides is 2. The average molecular weight is 274 g/mol. The Morgan fingerprint density at radius 2 is 1.89 bits per heavy atom. The summed E-state index contributed by atoms with van der Waals surface area (Å²) < 4.78 is 0. The second-order valence-electron chi connectivity index (χ2n) is 3.96. The van der Waals surface area contributed by atoms with E-state index in [4.69, 9.17) is 10.2 Å². The van der Waals surface area contributed by atoms with Crippen LogP contribution in [0.1, 0.15) is 19.3 Å². The third-order valence-electron chi connectivity index (χ3n) is 2.60. The number of hydrogen-bond acceptors (Lipinski definition) is 5. The molecule has 2 amide bonds. The normalized spacial score (nSPS) is 18.7. The van der Waals surface area contributed by atoms with Crippen molar-refractivity contribution in [1.29, 1.82) is 0 Å². The number of carbonyl (C=O) groups excluding carboxylic acids is 2. The number of carbonyl (C=O) groups is 4. The van der Waals surface area contributed by atoms with E-state index in [0.29, 0.717) is 12.8 Å². The van der Waals surface area contributed by atoms with Crippen molar-refractivity contribution < 1.29 is 34.2 Å². The van der Waals surface area contributed by atoms with Crippen molar-refractivity contribution >= 4 is 23.8 Å². The van der Waals surface area contributed by atoms with E-state index in [-0.39, 0.29) is 13.0 Å². The Balaban J connectivity index is 2.56. The largest absolute Gasteiger partial charge is 0.480 e. The minimum absolute atomic E-state index is 0.169. The maximum absolute atomic E-state index is 11.7. The molecule has 1 atom stereocenters. The van der Waals surface area contributed by atoms with E-state index in [9.17, 15) is 19.2 Å². The van der Waals surface area contributed by atoms with Gasteiger partial charge in [-0.1, -0.05) is 0 Å². The Morgan fingerprint density at radius 1 is 1.21 bits per heavy atom. The van der Waals surface area contributed by atoms with E-state index in [0.717, 1.165) is 4.90 Å². The molecule has 9 nitrogen and oxygen atoms in total. The molecule has 1 saturated heterocycles. The number of carboxylic acids is 2. The summed E-state index contributed by atoms with van der Waals surface area (Å²) in [5.74, 6) is -4.71. The van der Waals surface area contributed by atoms with Crippen LogP contribution in [0.4, 0.5) is 0 Å². The molecule has 106 valence electrons. The lowest BCUT2D eigenvalue weighted by Gasteiger charge is -2.32. The molecule has 0 aromatic carbocycles. The molecule has 0 spiro atoms. The molecule has 1 heterocycles. The summed E-state index contributed by atoms with van der Waals surface area (Å²) in [4.78, 5) is 49.4. The predicted octanol–water partition coefficient (Wildman–Crippen LogP) is -1.42. The molecule has 0 unspecified atom stereocenters. The SMILES string of the molecule is O=C(O)CONC(=O)C(=O)N1CCCC[C@H]1C(=O)O. The van der Waals surface area contributed by atoms with Gasteiger partial charge in [-0.15, -0.1) is 0 Å². The van der Waals surface area contributed by atoms with Crippen LogP contribution in [0.25, 0.3) is 0 Å². The Morgan fingerprint density at radius 3 is 2.47 bits per heavy atom. The van der Waals surface area contributed by atoms with Gasteiger partial charge in [0.15, 0.2) is 6.61 Å². The van der Waals surface area contributed by atoms with E-state index in [2.05, 4.69) is 4.84 Å². The summed E-state index contributed by atoms with van der Waals surface area (Å²) in [7, 11) is 0. The first-order valence-electron chi connectivity index (χ1n) is 5.61. The molecular weight excluding hydrogens is 260 g/mol. The van der Waals surface area contributed by atoms with Crippen LogP contribution in [-0.2, 0) is 24.0 Å². The third-order valence-corrected chi connectivity index (χ3v) is 2.60. The Bertz CT molecular complexity index is 395. The summed E-state index contributed by atoms with van der Waals surface area (Å²) >= 11 is 0. The van der Waals surface area contributed by atoms with Crippen LogP contribution in [-0.4, -0.2) is 58.1 Å². The van der Waals surface area contributed by atoms with E-state index in [1.54, 1.807) is 5.48 Å². The minimum Gasteiger partial charge on any atom is -0.480 e. The molecule has 1 rings (SSSR count). The van der Waals surface area contributed by atoms with E-state index in [1.165, 1.54) is 0 Å². The zero-order valence-electron chi connectivity index (χ0n) is 10.00. The third kappa shape index (κ3) is 4.21. The molecule has 19 heavy (non-hydrogen) atoms. The number of carboxylic acid groups (broad SMARTS) is 2. The molecule has 9 heteroatoms. The molecule has 0 saturated carbocycles. The first-order chi connectivity index (χ1) is 8.93. The topological polar surface area (TPSA) is 133 Å². The maximum Gasteiger partial charge on any atom is 0.333 e. The fourth-order valence-electron chi connectivity index (χ4n) is 1.77. The molecule has 1 aliphatic heterocycles. The Kier molecular flexibility index (Phi) is 5.24. The van der Waals surface area contributed by atoms with Gasteiger partial charge in [0.25, 0.3) is 0 Å². The van der Waals surface area contributed by atoms with Crippen molar-refractivity contribution in [3.05, 3.63) is 0 Å². The van der Waals surface area contributed by atoms with Gasteiger partial charge < -0.3 is 15.1 Å². The fraction of sp³-hybridized carbons (Fsp3) is 0.600. The van der Waals surface area contributed by atoms with Crippen LogP contribution < -0.4 is 5.48 Å². The van der Waals surface area contributed by atoms with Crippen molar-refractivity contribution in [2.24, 2.45) is 0 Å². The molecule has 0 bridgehead atoms. The van der Waals surface area contributed by atoms with Crippen LogP contribution in [0, 0.1) is 0 Å². The second kappa shape index (κ2) is 6.69. The van der Waals surface area contributed by atoms with Gasteiger partial charge in [0.05, 0.1) is 0 Å². The molecule has 0 radical (unpaired) electrons. The van der Waals surface area contributed by atoms with Gasteiger partial charge in [-0.2, -0.15) is 0 Å². The first-order valence-corrected chi connectivity index (χ1v) is 5.61. The standard InChI is InChI=1S/C10H14N2O7/c13-7(14)5-19-11-8(15)9(16)12-4-2-1-3-6(12)10(17)18/h6H,1-5H2,(H,11,15)(H,13,14)(H,17,18)/t6-/m0/s1. The van der Waals surface area contributed by atoms with Gasteiger partial charge in [0.1, 0.15) is 6.04 Å². The summed E-state index contributed by atoms with van der Waals surface area (Å²) in [6.45, 7) is -0.621. The van der Waals surface area contributed by atoms with E-state index < -0.39 is 36.4 Å². The zero-order valence-corrected chi connectivity index (χ0v) is 10.00. The number of hydroxylamine groups is 1. The molecule has 0 aromatic rings. The van der Waals surface area contributed by atoms with Crippen LogP contribution in [0.2, 0.25) is 0 Å². The van der Waals surface area contributed by atoms with Crippen molar-refractivity contribution in [2.45, 2.75) is 25.3 Å². The van der Waals surface area contributed by atoms with Crippen molar-refractivity contribution in [1.82, 2.24) is 10.4 Å². The van der Waals surface area contributed by atoms with Crippen LogP contribution in [0.5, 0.6) is 0 Å². The molecule has 1 fully saturated rings. The average Bonchev–Trinajstić information content (AvgIpc) is 2.37. The van der Waals surface area contributed by atoms with Crippen LogP contribution in [0.3, 0.4) is 0 Å². The highest BCUT2D eigenvalue weighted by Crippen LogP contribution is 2.17. The predicted molar refractivity (Wildman–Crippen MR) is 58.7 cm³/mol. The highest BCUT2D eigenvalue weighted by Gasteiger charge is 2.35. The minimum atomic E-state index is -1.31. The number of rotatable bonds is 4. The fourth-order valence-corrected chi connectivity index (χ4v) is 1.77. The van der Waals surface area contributed by atoms with Gasteiger partial charge in [-0.05, 0) is 19.3 Å². The number of nitrogens with zero attached hydrogens (tertiary/aromatic N) is 1. The molecule has 0 aliphatic carbocycles. The highest BCUT2D eigenvalue weighted by molar-refractivity contribution is 6.35. The summed E-state index contributed by atoms with van der Waals surface area (Å²) in [5, 5.41) is 17.2. The van der Waals surface area contributed by atoms with Gasteiger partial charge in [-0.3, -0.25) is 14.4 Å². The van der Waals surface area contributed by atoms with Gasteiger partial charge in [0.2, 0.25) is 0 Å². The summed E-state index contributed by atoms with van der Waals surface area (Å²) in [6.07, 6.45) is 1.56. The van der Waals surface area contributed by atoms with E-state index >= 15 is 0 Å². The van der Waals surface area contributed by atoms with Crippen LogP contribution >= 0.6 is 0 Å². The van der Waals surface area contributed by atoms with Crippen LogP contribution in [0.15, 0.2) is 0 Å². The lowest BCUT2D eigenvalue weighted by atomic mass is 10.0. The lowest BCUT2D eigenvalue weighted by Crippen LogP contribution is -2.52. The number of aliphatic carboxylic acids is 2. The molecule has 1 aliphatic rings. The van der Waals surface area contributed by atoms with Gasteiger partial charge >= 0.3 is 23.8 Å². The Labute approximate surface area is 108 Å². The zero-order chi connectivity index (χ0) is 14.4. The smallest absolute Gasteiger partial charge is 0.333 e.